The SMILES string of the molecule is CCCCCCCCCCCCCCCCCC(=O)[O-].CCCCCCCCCCCCCCCCCC(=O)[O-].CCCCCCCCCCCCCCCCCC(=O)[O-].O=C([O-])[O-].O=C([O-])[O-].O=C([O-])[O-].[Al+3].[Al+3].[Ca+2].[Mg+2].[OH-]. The van der Waals surface area contributed by atoms with Gasteiger partial charge in [0, 0.05) is 17.9 Å². The standard InChI is InChI=1S/3C18H36O2.3CH2O3.2Al.Ca.Mg.H2O/c3*1-2-3-4-5-6-7-8-9-10-11-12-13-14-15-16-17-18(19)20;3*2-1(3)4;;;;;/h3*2-17H2,1H3,(H,19,20);3*(H2,2,3,4);;;;;1H2/q;;;;;;2*+3;2*+2;/p-10. The van der Waals surface area contributed by atoms with Crippen LogP contribution in [0.25, 0.3) is 0 Å². The molecule has 0 aliphatic heterocycles. The molecule has 0 rings (SSSR count). The molecule has 0 bridgehead atoms. The zero-order valence-corrected chi connectivity index (χ0v) is 55.0. The van der Waals surface area contributed by atoms with Crippen LogP contribution in [0.15, 0.2) is 0 Å². The molecule has 440 valence electrons. The average Bonchev–Trinajstić information content (AvgIpc) is 3.30. The van der Waals surface area contributed by atoms with E-state index in [0.29, 0.717) is 0 Å². The van der Waals surface area contributed by atoms with Gasteiger partial charge in [-0.25, -0.2) is 0 Å². The van der Waals surface area contributed by atoms with Crippen molar-refractivity contribution in [3.05, 3.63) is 0 Å². The molecule has 0 saturated carbocycles. The van der Waals surface area contributed by atoms with Gasteiger partial charge in [-0.3, -0.25) is 0 Å². The number of carbonyl (C=O) groups excluding carboxylic acids is 6. The normalized spacial score (nSPS) is 9.39. The van der Waals surface area contributed by atoms with Gasteiger partial charge in [0.25, 0.3) is 0 Å². The Morgan fingerprint density at radius 2 is 0.299 bits per heavy atom. The summed E-state index contributed by atoms with van der Waals surface area (Å²) in [5, 5.41) is 80.7. The van der Waals surface area contributed by atoms with Gasteiger partial charge in [-0.1, -0.05) is 290 Å². The minimum atomic E-state index is -2.33. The second-order valence-corrected chi connectivity index (χ2v) is 19.0. The van der Waals surface area contributed by atoms with Crippen LogP contribution in [0.5, 0.6) is 0 Å². The van der Waals surface area contributed by atoms with Crippen molar-refractivity contribution in [3.8, 4) is 0 Å². The van der Waals surface area contributed by atoms with Gasteiger partial charge in [0.1, 0.15) is 0 Å². The molecule has 77 heavy (non-hydrogen) atoms. The summed E-state index contributed by atoms with van der Waals surface area (Å²) < 4.78 is 0. The van der Waals surface area contributed by atoms with E-state index in [1.165, 1.54) is 250 Å². The molecule has 0 aromatic heterocycles. The van der Waals surface area contributed by atoms with E-state index in [1.54, 1.807) is 0 Å². The van der Waals surface area contributed by atoms with E-state index in [0.717, 1.165) is 38.5 Å². The van der Waals surface area contributed by atoms with E-state index in [4.69, 9.17) is 45.0 Å². The number of carboxylic acids is 3. The van der Waals surface area contributed by atoms with E-state index in [9.17, 15) is 29.7 Å². The zero-order chi connectivity index (χ0) is 55.4. The molecule has 0 amide bonds. The van der Waals surface area contributed by atoms with E-state index in [1.807, 2.05) is 0 Å². The number of unbranched alkanes of at least 4 members (excludes halogenated alkanes) is 42. The Bertz CT molecular complexity index is 989. The molecule has 0 heterocycles. The average molecular weight is 1170 g/mol. The molecule has 1 N–H and O–H groups in total. The smallest absolute Gasteiger partial charge is 0.870 e. The molecule has 0 aliphatic rings. The van der Waals surface area contributed by atoms with Crippen LogP contribution in [0.2, 0.25) is 0 Å². The fraction of sp³-hybridized carbons (Fsp3) is 0.895. The van der Waals surface area contributed by atoms with Gasteiger partial charge in [-0.15, -0.1) is 0 Å². The van der Waals surface area contributed by atoms with Crippen molar-refractivity contribution in [1.82, 2.24) is 0 Å². The molecular weight excluding hydrogens is 1060 g/mol. The summed E-state index contributed by atoms with van der Waals surface area (Å²) in [6, 6.07) is 0. The minimum Gasteiger partial charge on any atom is -0.870 e. The maximum absolute atomic E-state index is 10.2. The fourth-order valence-corrected chi connectivity index (χ4v) is 7.92. The number of carboxylic acid groups (broad SMARTS) is 9. The monoisotopic (exact) mass is 1160 g/mol. The third kappa shape index (κ3) is 160. The summed E-state index contributed by atoms with van der Waals surface area (Å²) in [6.45, 7) is 6.80. The molecule has 0 aromatic carbocycles. The first kappa shape index (κ1) is 101. The maximum atomic E-state index is 10.2. The predicted octanol–water partition coefficient (Wildman–Crippen LogP) is 5.95. The molecule has 20 heteroatoms. The van der Waals surface area contributed by atoms with Crippen molar-refractivity contribution in [2.45, 2.75) is 329 Å². The second-order valence-electron chi connectivity index (χ2n) is 19.0. The summed E-state index contributed by atoms with van der Waals surface area (Å²) in [5.74, 6) is -2.71. The first-order valence-corrected chi connectivity index (χ1v) is 28.7. The predicted molar refractivity (Wildman–Crippen MR) is 295 cm³/mol. The number of carbonyl (C=O) groups is 6. The molecule has 0 fully saturated rings. The molecular formula is C57H106Al2CaMgO16. The first-order valence-electron chi connectivity index (χ1n) is 28.7. The Morgan fingerprint density at radius 1 is 0.221 bits per heavy atom. The summed E-state index contributed by atoms with van der Waals surface area (Å²) in [4.78, 5) is 55.7. The van der Waals surface area contributed by atoms with E-state index in [2.05, 4.69) is 20.8 Å². The Balaban J connectivity index is -0.0000000824. The Morgan fingerprint density at radius 3 is 0.377 bits per heavy atom. The molecule has 0 aromatic rings. The van der Waals surface area contributed by atoms with Gasteiger partial charge in [0.15, 0.2) is 0 Å². The topological polar surface area (TPSA) is 340 Å². The van der Waals surface area contributed by atoms with Gasteiger partial charge in [-0.2, -0.15) is 0 Å². The van der Waals surface area contributed by atoms with Crippen LogP contribution in [-0.4, -0.2) is 137 Å². The van der Waals surface area contributed by atoms with Crippen molar-refractivity contribution >= 4 is 132 Å². The third-order valence-electron chi connectivity index (χ3n) is 12.0. The van der Waals surface area contributed by atoms with Crippen molar-refractivity contribution in [2.24, 2.45) is 0 Å². The molecule has 0 unspecified atom stereocenters. The van der Waals surface area contributed by atoms with Crippen LogP contribution in [0.4, 0.5) is 14.4 Å². The van der Waals surface area contributed by atoms with Crippen LogP contribution in [0.3, 0.4) is 0 Å². The molecule has 0 aliphatic carbocycles. The largest absolute Gasteiger partial charge is 3.00 e. The third-order valence-corrected chi connectivity index (χ3v) is 12.0. The molecule has 0 atom stereocenters. The summed E-state index contributed by atoms with van der Waals surface area (Å²) >= 11 is 0. The van der Waals surface area contributed by atoms with Crippen molar-refractivity contribution in [1.29, 1.82) is 0 Å². The van der Waals surface area contributed by atoms with Crippen LogP contribution in [-0.2, 0) is 14.4 Å². The van der Waals surface area contributed by atoms with Gasteiger partial charge in [0.05, 0.1) is 0 Å². The Kier molecular flexibility index (Phi) is 128. The van der Waals surface area contributed by atoms with Gasteiger partial charge in [-0.05, 0) is 57.0 Å². The maximum Gasteiger partial charge on any atom is 3.00 e. The number of hydrogen-bond donors (Lipinski definition) is 0. The quantitative estimate of drug-likeness (QED) is 0.0501. The molecule has 0 saturated heterocycles. The van der Waals surface area contributed by atoms with E-state index < -0.39 is 36.4 Å². The zero-order valence-electron chi connectivity index (χ0n) is 49.1. The van der Waals surface area contributed by atoms with Crippen LogP contribution < -0.4 is 46.0 Å². The Hall–Kier alpha value is -0.729. The first-order chi connectivity index (χ1) is 34.5. The Labute approximate surface area is 536 Å². The van der Waals surface area contributed by atoms with E-state index in [-0.39, 0.29) is 120 Å². The molecule has 0 radical (unpaired) electrons. The van der Waals surface area contributed by atoms with Crippen LogP contribution >= 0.6 is 0 Å². The summed E-state index contributed by atoms with van der Waals surface area (Å²) in [7, 11) is 0. The molecule has 0 spiro atoms. The fourth-order valence-electron chi connectivity index (χ4n) is 7.92. The van der Waals surface area contributed by atoms with Crippen molar-refractivity contribution < 1.29 is 80.2 Å². The van der Waals surface area contributed by atoms with Gasteiger partial charge in [0.2, 0.25) is 0 Å². The van der Waals surface area contributed by atoms with Gasteiger partial charge < -0.3 is 80.2 Å². The number of aliphatic carboxylic acids is 3. The van der Waals surface area contributed by atoms with Crippen LogP contribution in [0.1, 0.15) is 329 Å². The van der Waals surface area contributed by atoms with Gasteiger partial charge >= 0.3 is 95.5 Å². The molecule has 16 nitrogen and oxygen atoms in total. The van der Waals surface area contributed by atoms with Crippen molar-refractivity contribution in [3.63, 3.8) is 0 Å². The second kappa shape index (κ2) is 97.5. The van der Waals surface area contributed by atoms with E-state index >= 15 is 0 Å². The summed E-state index contributed by atoms with van der Waals surface area (Å²) in [5.41, 5.74) is 0. The number of rotatable bonds is 48. The number of hydrogen-bond acceptors (Lipinski definition) is 16. The van der Waals surface area contributed by atoms with Crippen molar-refractivity contribution in [2.75, 3.05) is 0 Å². The summed E-state index contributed by atoms with van der Waals surface area (Å²) in [6.07, 6.45) is 52.6. The minimum absolute atomic E-state index is 0. The van der Waals surface area contributed by atoms with Crippen LogP contribution in [0, 0.1) is 0 Å².